The first-order valence-electron chi connectivity index (χ1n) is 9.27. The van der Waals surface area contributed by atoms with Crippen LogP contribution < -0.4 is 0 Å². The van der Waals surface area contributed by atoms with E-state index >= 15 is 0 Å². The average molecular weight is 406 g/mol. The number of rotatable bonds is 5. The minimum Gasteiger partial charge on any atom is -0.474 e. The number of aliphatic imine (C=N–C) groups is 1. The van der Waals surface area contributed by atoms with Crippen molar-refractivity contribution in [3.63, 3.8) is 0 Å². The van der Waals surface area contributed by atoms with E-state index in [1.165, 1.54) is 24.8 Å². The van der Waals surface area contributed by atoms with E-state index in [-0.39, 0.29) is 18.7 Å². The predicted octanol–water partition coefficient (Wildman–Crippen LogP) is 4.19. The summed E-state index contributed by atoms with van der Waals surface area (Å²) in [4.78, 5) is 8.68. The van der Waals surface area contributed by atoms with Gasteiger partial charge in [0.2, 0.25) is 5.90 Å². The Labute approximate surface area is 170 Å². The van der Waals surface area contributed by atoms with Crippen LogP contribution >= 0.6 is 0 Å². The number of hydrogen-bond donors (Lipinski definition) is 0. The van der Waals surface area contributed by atoms with Crippen molar-refractivity contribution in [2.45, 2.75) is 12.1 Å². The van der Waals surface area contributed by atoms with Crippen molar-refractivity contribution in [2.75, 3.05) is 6.61 Å². The lowest BCUT2D eigenvalue weighted by Crippen LogP contribution is -2.32. The fourth-order valence-electron chi connectivity index (χ4n) is 3.58. The molecule has 150 valence electrons. The van der Waals surface area contributed by atoms with Crippen LogP contribution in [0.4, 0.5) is 8.78 Å². The average Bonchev–Trinajstić information content (AvgIpc) is 3.51. The first-order valence-corrected chi connectivity index (χ1v) is 9.27. The van der Waals surface area contributed by atoms with Crippen molar-refractivity contribution >= 4 is 5.90 Å². The molecule has 2 aromatic carbocycles. The zero-order valence-corrected chi connectivity index (χ0v) is 15.7. The number of benzene rings is 2. The third kappa shape index (κ3) is 3.26. The zero-order chi connectivity index (χ0) is 20.6. The number of furan rings is 1. The number of aromatic nitrogens is 3. The SMILES string of the molecule is Fc1ccc(C2(Cn3cncn3)COC(c3ccc(-c4ccoc4)cc3)=N2)c(F)c1. The van der Waals surface area contributed by atoms with Gasteiger partial charge in [0.1, 0.15) is 36.4 Å². The summed E-state index contributed by atoms with van der Waals surface area (Å²) in [6.45, 7) is 0.292. The van der Waals surface area contributed by atoms with Gasteiger partial charge in [0.25, 0.3) is 0 Å². The van der Waals surface area contributed by atoms with Gasteiger partial charge in [0, 0.05) is 22.8 Å². The van der Waals surface area contributed by atoms with Gasteiger partial charge in [0.05, 0.1) is 19.1 Å². The second-order valence-corrected chi connectivity index (χ2v) is 7.04. The van der Waals surface area contributed by atoms with E-state index in [1.54, 1.807) is 17.2 Å². The largest absolute Gasteiger partial charge is 0.474 e. The third-order valence-corrected chi connectivity index (χ3v) is 5.07. The first-order chi connectivity index (χ1) is 14.6. The molecule has 1 unspecified atom stereocenters. The monoisotopic (exact) mass is 406 g/mol. The molecule has 1 atom stereocenters. The van der Waals surface area contributed by atoms with Crippen molar-refractivity contribution in [3.05, 3.63) is 96.5 Å². The topological polar surface area (TPSA) is 65.4 Å². The van der Waals surface area contributed by atoms with Crippen LogP contribution in [0.5, 0.6) is 0 Å². The van der Waals surface area contributed by atoms with Crippen LogP contribution in [0, 0.1) is 11.6 Å². The molecule has 0 bridgehead atoms. The number of halogens is 2. The summed E-state index contributed by atoms with van der Waals surface area (Å²) in [5.41, 5.74) is 1.85. The van der Waals surface area contributed by atoms with E-state index in [1.807, 2.05) is 30.3 Å². The summed E-state index contributed by atoms with van der Waals surface area (Å²) in [6, 6.07) is 13.0. The molecular weight excluding hydrogens is 390 g/mol. The molecule has 3 heterocycles. The Hall–Kier alpha value is -3.81. The molecule has 0 fully saturated rings. The molecule has 30 heavy (non-hydrogen) atoms. The van der Waals surface area contributed by atoms with Gasteiger partial charge in [-0.05, 0) is 29.8 Å². The summed E-state index contributed by atoms with van der Waals surface area (Å²) in [5, 5.41) is 4.11. The van der Waals surface area contributed by atoms with Crippen LogP contribution in [0.2, 0.25) is 0 Å². The van der Waals surface area contributed by atoms with E-state index < -0.39 is 17.2 Å². The normalized spacial score (nSPS) is 18.3. The molecule has 0 saturated heterocycles. The molecule has 5 rings (SSSR count). The summed E-state index contributed by atoms with van der Waals surface area (Å²) < 4.78 is 40.7. The second kappa shape index (κ2) is 7.22. The van der Waals surface area contributed by atoms with Crippen molar-refractivity contribution in [1.29, 1.82) is 0 Å². The summed E-state index contributed by atoms with van der Waals surface area (Å²) in [5.74, 6) is -0.943. The van der Waals surface area contributed by atoms with Crippen LogP contribution in [-0.4, -0.2) is 27.3 Å². The molecule has 2 aromatic heterocycles. The smallest absolute Gasteiger partial charge is 0.217 e. The van der Waals surface area contributed by atoms with Crippen LogP contribution in [0.25, 0.3) is 11.1 Å². The highest BCUT2D eigenvalue weighted by Gasteiger charge is 2.42. The number of ether oxygens (including phenoxy) is 1. The van der Waals surface area contributed by atoms with Crippen LogP contribution in [0.15, 0.2) is 83.1 Å². The van der Waals surface area contributed by atoms with Gasteiger partial charge in [-0.15, -0.1) is 0 Å². The fourth-order valence-corrected chi connectivity index (χ4v) is 3.58. The molecule has 1 aliphatic heterocycles. The maximum atomic E-state index is 14.7. The lowest BCUT2D eigenvalue weighted by atomic mass is 9.91. The Kier molecular flexibility index (Phi) is 4.39. The van der Waals surface area contributed by atoms with Gasteiger partial charge in [-0.1, -0.05) is 18.2 Å². The molecule has 0 amide bonds. The number of hydrogen-bond acceptors (Lipinski definition) is 5. The van der Waals surface area contributed by atoms with Crippen LogP contribution in [0.1, 0.15) is 11.1 Å². The molecule has 8 heteroatoms. The Balaban J connectivity index is 1.53. The van der Waals surface area contributed by atoms with Gasteiger partial charge in [-0.3, -0.25) is 4.68 Å². The van der Waals surface area contributed by atoms with Crippen molar-refractivity contribution < 1.29 is 17.9 Å². The van der Waals surface area contributed by atoms with Gasteiger partial charge < -0.3 is 9.15 Å². The Morgan fingerprint density at radius 3 is 2.53 bits per heavy atom. The number of nitrogens with zero attached hydrogens (tertiary/aromatic N) is 4. The Morgan fingerprint density at radius 2 is 1.83 bits per heavy atom. The summed E-state index contributed by atoms with van der Waals surface area (Å²) in [7, 11) is 0. The zero-order valence-electron chi connectivity index (χ0n) is 15.7. The first kappa shape index (κ1) is 18.2. The van der Waals surface area contributed by atoms with Crippen LogP contribution in [-0.2, 0) is 16.8 Å². The fraction of sp³-hybridized carbons (Fsp3) is 0.136. The minimum absolute atomic E-state index is 0.0915. The molecular formula is C22H16F2N4O2. The predicted molar refractivity (Wildman–Crippen MR) is 105 cm³/mol. The summed E-state index contributed by atoms with van der Waals surface area (Å²) >= 11 is 0. The molecule has 1 aliphatic rings. The van der Waals surface area contributed by atoms with Gasteiger partial charge in [-0.2, -0.15) is 5.10 Å². The highest BCUT2D eigenvalue weighted by molar-refractivity contribution is 5.96. The lowest BCUT2D eigenvalue weighted by Gasteiger charge is -2.24. The minimum atomic E-state index is -1.09. The van der Waals surface area contributed by atoms with Crippen molar-refractivity contribution in [1.82, 2.24) is 14.8 Å². The van der Waals surface area contributed by atoms with E-state index in [4.69, 9.17) is 14.1 Å². The standard InChI is InChI=1S/C22H16F2N4O2/c23-18-5-6-19(20(24)9-18)22(11-28-14-25-13-26-28)12-30-21(27-22)16-3-1-15(2-4-16)17-7-8-29-10-17/h1-10,13-14H,11-12H2. The van der Waals surface area contributed by atoms with Crippen LogP contribution in [0.3, 0.4) is 0 Å². The van der Waals surface area contributed by atoms with E-state index in [0.717, 1.165) is 22.8 Å². The van der Waals surface area contributed by atoms with Gasteiger partial charge in [0.15, 0.2) is 0 Å². The van der Waals surface area contributed by atoms with Crippen molar-refractivity contribution in [3.8, 4) is 11.1 Å². The molecule has 6 nitrogen and oxygen atoms in total. The molecule has 0 aliphatic carbocycles. The summed E-state index contributed by atoms with van der Waals surface area (Å²) in [6.07, 6.45) is 6.20. The molecule has 0 spiro atoms. The van der Waals surface area contributed by atoms with Gasteiger partial charge in [-0.25, -0.2) is 18.8 Å². The van der Waals surface area contributed by atoms with Crippen molar-refractivity contribution in [2.24, 2.45) is 4.99 Å². The highest BCUT2D eigenvalue weighted by Crippen LogP contribution is 2.36. The van der Waals surface area contributed by atoms with E-state index in [2.05, 4.69) is 10.1 Å². The maximum Gasteiger partial charge on any atom is 0.217 e. The Bertz CT molecular complexity index is 1190. The lowest BCUT2D eigenvalue weighted by molar-refractivity contribution is 0.225. The van der Waals surface area contributed by atoms with E-state index in [9.17, 15) is 8.78 Å². The van der Waals surface area contributed by atoms with E-state index in [0.29, 0.717) is 5.90 Å². The molecule has 0 N–H and O–H groups in total. The quantitative estimate of drug-likeness (QED) is 0.499. The Morgan fingerprint density at radius 1 is 1.00 bits per heavy atom. The maximum absolute atomic E-state index is 14.7. The highest BCUT2D eigenvalue weighted by atomic mass is 19.1. The molecule has 0 radical (unpaired) electrons. The van der Waals surface area contributed by atoms with Gasteiger partial charge >= 0.3 is 0 Å². The third-order valence-electron chi connectivity index (χ3n) is 5.07. The second-order valence-electron chi connectivity index (χ2n) is 7.04. The molecule has 0 saturated carbocycles. The molecule has 4 aromatic rings.